The molecule has 0 N–H and O–H groups in total. The van der Waals surface area contributed by atoms with Crippen LogP contribution in [0, 0.1) is 5.41 Å². The summed E-state index contributed by atoms with van der Waals surface area (Å²) in [5.74, 6) is 0.464. The molecular weight excluding hydrogens is 364 g/mol. The van der Waals surface area contributed by atoms with Crippen LogP contribution in [0.4, 0.5) is 0 Å². The molecule has 2 atom stereocenters. The first-order chi connectivity index (χ1) is 14.1. The van der Waals surface area contributed by atoms with E-state index in [0.29, 0.717) is 6.04 Å². The minimum atomic E-state index is -0.383. The van der Waals surface area contributed by atoms with Gasteiger partial charge in [-0.2, -0.15) is 0 Å². The highest BCUT2D eigenvalue weighted by Crippen LogP contribution is 2.57. The number of hydrogen-bond acceptors (Lipinski definition) is 4. The molecule has 1 saturated heterocycles. The molecule has 0 saturated carbocycles. The largest absolute Gasteiger partial charge is 0.497 e. The third kappa shape index (κ3) is 2.60. The molecule has 3 aliphatic rings. The molecule has 29 heavy (non-hydrogen) atoms. The summed E-state index contributed by atoms with van der Waals surface area (Å²) in [7, 11) is 1.70. The van der Waals surface area contributed by atoms with Crippen LogP contribution in [0.25, 0.3) is 16.6 Å². The standard InChI is InChI=1S/C24H28N2O3/c1-4-21(27)29-15-16-14-24(5-2)10-6-11-25-12-9-19-18-8-7-17(28-3)13-20(18)26(16)22(19)23(24)25/h4,7-8,13-14,23H,1,5-6,9-12,15H2,2-3H3/t23-,24+/m1/s1. The molecule has 0 radical (unpaired) electrons. The highest BCUT2D eigenvalue weighted by molar-refractivity contribution is 5.91. The van der Waals surface area contributed by atoms with Crippen molar-refractivity contribution in [2.24, 2.45) is 5.41 Å². The van der Waals surface area contributed by atoms with Crippen molar-refractivity contribution in [1.82, 2.24) is 9.47 Å². The van der Waals surface area contributed by atoms with Gasteiger partial charge in [-0.1, -0.05) is 19.6 Å². The third-order valence-electron chi connectivity index (χ3n) is 7.15. The van der Waals surface area contributed by atoms with Gasteiger partial charge in [0.1, 0.15) is 12.4 Å². The number of rotatable bonds is 5. The molecule has 152 valence electrons. The van der Waals surface area contributed by atoms with Crippen molar-refractivity contribution in [2.45, 2.75) is 38.6 Å². The number of fused-ring (bicyclic) bond motifs is 3. The van der Waals surface area contributed by atoms with E-state index >= 15 is 0 Å². The number of ether oxygens (including phenoxy) is 2. The van der Waals surface area contributed by atoms with Crippen LogP contribution >= 0.6 is 0 Å². The van der Waals surface area contributed by atoms with E-state index in [0.717, 1.165) is 42.9 Å². The van der Waals surface area contributed by atoms with Gasteiger partial charge in [0, 0.05) is 35.2 Å². The maximum atomic E-state index is 11.8. The molecule has 0 amide bonds. The first kappa shape index (κ1) is 18.5. The molecule has 5 rings (SSSR count). The molecule has 5 nitrogen and oxygen atoms in total. The van der Waals surface area contributed by atoms with Gasteiger partial charge in [-0.05, 0) is 49.9 Å². The molecule has 0 spiro atoms. The van der Waals surface area contributed by atoms with Crippen LogP contribution in [0.5, 0.6) is 5.75 Å². The Morgan fingerprint density at radius 1 is 1.38 bits per heavy atom. The Morgan fingerprint density at radius 3 is 3.00 bits per heavy atom. The number of benzene rings is 1. The molecule has 1 aromatic heterocycles. The summed E-state index contributed by atoms with van der Waals surface area (Å²) < 4.78 is 13.4. The smallest absolute Gasteiger partial charge is 0.330 e. The van der Waals surface area contributed by atoms with Gasteiger partial charge in [-0.25, -0.2) is 4.79 Å². The second-order valence-corrected chi connectivity index (χ2v) is 8.41. The highest BCUT2D eigenvalue weighted by Gasteiger charge is 2.50. The van der Waals surface area contributed by atoms with Gasteiger partial charge in [0.25, 0.3) is 0 Å². The molecule has 0 bridgehead atoms. The lowest BCUT2D eigenvalue weighted by molar-refractivity contribution is -0.136. The summed E-state index contributed by atoms with van der Waals surface area (Å²) in [4.78, 5) is 14.5. The molecule has 4 heterocycles. The van der Waals surface area contributed by atoms with Gasteiger partial charge in [-0.3, -0.25) is 4.90 Å². The Balaban J connectivity index is 1.76. The van der Waals surface area contributed by atoms with Crippen LogP contribution in [0.2, 0.25) is 0 Å². The van der Waals surface area contributed by atoms with E-state index in [4.69, 9.17) is 9.47 Å². The summed E-state index contributed by atoms with van der Waals surface area (Å²) in [6, 6.07) is 6.74. The molecular formula is C24H28N2O3. The summed E-state index contributed by atoms with van der Waals surface area (Å²) in [6.07, 6.45) is 8.16. The van der Waals surface area contributed by atoms with Gasteiger partial charge in [-0.15, -0.1) is 0 Å². The lowest BCUT2D eigenvalue weighted by Gasteiger charge is -2.53. The van der Waals surface area contributed by atoms with Crippen LogP contribution in [-0.2, 0) is 16.0 Å². The van der Waals surface area contributed by atoms with E-state index in [1.165, 1.54) is 35.6 Å². The maximum absolute atomic E-state index is 11.8. The maximum Gasteiger partial charge on any atom is 0.330 e. The summed E-state index contributed by atoms with van der Waals surface area (Å²) >= 11 is 0. The van der Waals surface area contributed by atoms with E-state index in [9.17, 15) is 4.79 Å². The summed E-state index contributed by atoms with van der Waals surface area (Å²) in [6.45, 7) is 8.36. The van der Waals surface area contributed by atoms with E-state index in [1.807, 2.05) is 6.07 Å². The zero-order valence-corrected chi connectivity index (χ0v) is 17.2. The third-order valence-corrected chi connectivity index (χ3v) is 7.15. The number of esters is 1. The van der Waals surface area contributed by atoms with Crippen molar-refractivity contribution in [3.63, 3.8) is 0 Å². The predicted octanol–water partition coefficient (Wildman–Crippen LogP) is 4.32. The SMILES string of the molecule is C=CC(=O)OCC1=C[C@]2(CC)CCCN3CCc4c(n1c1cc(OC)ccc41)[C@@H]32. The Bertz CT molecular complexity index is 1030. The normalized spacial score (nSPS) is 25.3. The number of hydrogen-bond donors (Lipinski definition) is 0. The molecule has 3 aliphatic heterocycles. The zero-order chi connectivity index (χ0) is 20.2. The van der Waals surface area contributed by atoms with Crippen LogP contribution in [0.15, 0.2) is 36.9 Å². The number of carbonyl (C=O) groups excluding carboxylic acids is 1. The lowest BCUT2D eigenvalue weighted by atomic mass is 9.66. The van der Waals surface area contributed by atoms with Crippen molar-refractivity contribution >= 4 is 22.6 Å². The summed E-state index contributed by atoms with van der Waals surface area (Å²) in [5, 5.41) is 1.29. The number of aromatic nitrogens is 1. The monoisotopic (exact) mass is 392 g/mol. The quantitative estimate of drug-likeness (QED) is 0.561. The Hall–Kier alpha value is -2.53. The Labute approximate surface area is 171 Å². The van der Waals surface area contributed by atoms with E-state index < -0.39 is 0 Å². The minimum absolute atomic E-state index is 0.0950. The summed E-state index contributed by atoms with van der Waals surface area (Å²) in [5.41, 5.74) is 5.14. The number of methoxy groups -OCH3 is 1. The first-order valence-corrected chi connectivity index (χ1v) is 10.6. The molecule has 0 unspecified atom stereocenters. The number of nitrogens with zero attached hydrogens (tertiary/aromatic N) is 2. The van der Waals surface area contributed by atoms with E-state index in [-0.39, 0.29) is 18.0 Å². The average molecular weight is 392 g/mol. The van der Waals surface area contributed by atoms with Crippen molar-refractivity contribution in [2.75, 3.05) is 26.8 Å². The molecule has 1 fully saturated rings. The topological polar surface area (TPSA) is 43.7 Å². The van der Waals surface area contributed by atoms with Crippen molar-refractivity contribution in [3.05, 3.63) is 48.2 Å². The van der Waals surface area contributed by atoms with Crippen LogP contribution in [-0.4, -0.2) is 42.2 Å². The van der Waals surface area contributed by atoms with Crippen LogP contribution in [0.1, 0.15) is 43.5 Å². The van der Waals surface area contributed by atoms with Gasteiger partial charge < -0.3 is 14.0 Å². The van der Waals surface area contributed by atoms with Gasteiger partial charge >= 0.3 is 5.97 Å². The van der Waals surface area contributed by atoms with Crippen molar-refractivity contribution < 1.29 is 14.3 Å². The Morgan fingerprint density at radius 2 is 2.24 bits per heavy atom. The van der Waals surface area contributed by atoms with Gasteiger partial charge in [0.2, 0.25) is 0 Å². The second kappa shape index (κ2) is 6.77. The predicted molar refractivity (Wildman–Crippen MR) is 114 cm³/mol. The average Bonchev–Trinajstić information content (AvgIpc) is 3.10. The lowest BCUT2D eigenvalue weighted by Crippen LogP contribution is -2.50. The fourth-order valence-corrected chi connectivity index (χ4v) is 5.85. The molecule has 5 heteroatoms. The number of piperidine rings is 1. The van der Waals surface area contributed by atoms with Crippen molar-refractivity contribution in [1.29, 1.82) is 0 Å². The number of carbonyl (C=O) groups is 1. The fraction of sp³-hybridized carbons (Fsp3) is 0.458. The van der Waals surface area contributed by atoms with Crippen LogP contribution in [0.3, 0.4) is 0 Å². The molecule has 2 aromatic rings. The van der Waals surface area contributed by atoms with Gasteiger partial charge in [0.15, 0.2) is 0 Å². The first-order valence-electron chi connectivity index (χ1n) is 10.6. The molecule has 0 aliphatic carbocycles. The van der Waals surface area contributed by atoms with E-state index in [1.54, 1.807) is 7.11 Å². The van der Waals surface area contributed by atoms with Crippen LogP contribution < -0.4 is 4.74 Å². The van der Waals surface area contributed by atoms with Gasteiger partial charge in [0.05, 0.1) is 24.4 Å². The van der Waals surface area contributed by atoms with E-state index in [2.05, 4.69) is 41.2 Å². The highest BCUT2D eigenvalue weighted by atomic mass is 16.5. The fourth-order valence-electron chi connectivity index (χ4n) is 5.85. The zero-order valence-electron chi connectivity index (χ0n) is 17.2. The molecule has 1 aromatic carbocycles. The van der Waals surface area contributed by atoms with Crippen molar-refractivity contribution in [3.8, 4) is 5.75 Å². The Kier molecular flexibility index (Phi) is 4.32. The minimum Gasteiger partial charge on any atom is -0.497 e. The second-order valence-electron chi connectivity index (χ2n) is 8.41.